The van der Waals surface area contributed by atoms with Gasteiger partial charge in [0.05, 0.1) is 29.8 Å². The van der Waals surface area contributed by atoms with E-state index in [1.165, 1.54) is 31.4 Å². The van der Waals surface area contributed by atoms with Crippen molar-refractivity contribution in [1.82, 2.24) is 9.88 Å². The molecule has 0 unspecified atom stereocenters. The van der Waals surface area contributed by atoms with Gasteiger partial charge in [0.15, 0.2) is 5.75 Å². The fourth-order valence-corrected chi connectivity index (χ4v) is 4.59. The van der Waals surface area contributed by atoms with Crippen LogP contribution < -0.4 is 15.0 Å². The molecule has 2 heterocycles. The van der Waals surface area contributed by atoms with Crippen LogP contribution in [0.3, 0.4) is 0 Å². The number of likely N-dealkylation sites (tertiary alicyclic amines) is 1. The summed E-state index contributed by atoms with van der Waals surface area (Å²) in [6.45, 7) is 5.52. The molecular weight excluding hydrogens is 431 g/mol. The third-order valence-corrected chi connectivity index (χ3v) is 6.30. The molecule has 0 atom stereocenters. The van der Waals surface area contributed by atoms with Crippen LogP contribution >= 0.6 is 11.6 Å². The number of aromatic amines is 1. The summed E-state index contributed by atoms with van der Waals surface area (Å²) in [5, 5.41) is 1.37. The Labute approximate surface area is 192 Å². The van der Waals surface area contributed by atoms with Crippen LogP contribution in [-0.2, 0) is 0 Å². The van der Waals surface area contributed by atoms with Gasteiger partial charge in [-0.1, -0.05) is 24.1 Å². The Morgan fingerprint density at radius 3 is 2.69 bits per heavy atom. The van der Waals surface area contributed by atoms with Gasteiger partial charge >= 0.3 is 0 Å². The SMILES string of the molecule is COc1cc(-c2[nH]c(=O)c3cc(F)cc(C)c3c2OCCCN2CCCCC2)ccc1Cl. The van der Waals surface area contributed by atoms with Crippen LogP contribution in [0.2, 0.25) is 5.02 Å². The Morgan fingerprint density at radius 2 is 1.94 bits per heavy atom. The summed E-state index contributed by atoms with van der Waals surface area (Å²) in [7, 11) is 1.54. The van der Waals surface area contributed by atoms with E-state index in [0.717, 1.165) is 26.1 Å². The maximum absolute atomic E-state index is 14.1. The number of halogens is 2. The van der Waals surface area contributed by atoms with Crippen LogP contribution in [0.5, 0.6) is 11.5 Å². The molecule has 1 aromatic heterocycles. The predicted molar refractivity (Wildman–Crippen MR) is 127 cm³/mol. The molecule has 0 spiro atoms. The Morgan fingerprint density at radius 1 is 1.16 bits per heavy atom. The van der Waals surface area contributed by atoms with Gasteiger partial charge in [-0.25, -0.2) is 4.39 Å². The monoisotopic (exact) mass is 458 g/mol. The number of benzene rings is 2. The predicted octanol–water partition coefficient (Wildman–Crippen LogP) is 5.56. The lowest BCUT2D eigenvalue weighted by atomic mass is 10.0. The molecule has 1 N–H and O–H groups in total. The average Bonchev–Trinajstić information content (AvgIpc) is 2.79. The van der Waals surface area contributed by atoms with Crippen LogP contribution in [0, 0.1) is 12.7 Å². The zero-order valence-corrected chi connectivity index (χ0v) is 19.2. The Balaban J connectivity index is 1.72. The first kappa shape index (κ1) is 22.6. The molecule has 32 heavy (non-hydrogen) atoms. The summed E-state index contributed by atoms with van der Waals surface area (Å²) in [5.74, 6) is 0.592. The number of hydrogen-bond acceptors (Lipinski definition) is 4. The number of ether oxygens (including phenoxy) is 2. The van der Waals surface area contributed by atoms with Crippen molar-refractivity contribution in [2.45, 2.75) is 32.6 Å². The minimum atomic E-state index is -0.447. The van der Waals surface area contributed by atoms with Crippen molar-refractivity contribution < 1.29 is 13.9 Å². The molecule has 7 heteroatoms. The molecule has 170 valence electrons. The third-order valence-electron chi connectivity index (χ3n) is 5.99. The first-order valence-electron chi connectivity index (χ1n) is 11.0. The van der Waals surface area contributed by atoms with Crippen LogP contribution in [0.1, 0.15) is 31.2 Å². The lowest BCUT2D eigenvalue weighted by Gasteiger charge is -2.26. The van der Waals surface area contributed by atoms with Crippen molar-refractivity contribution in [1.29, 1.82) is 0 Å². The molecular formula is C25H28ClFN2O3. The van der Waals surface area contributed by atoms with Gasteiger partial charge in [0.1, 0.15) is 11.6 Å². The van der Waals surface area contributed by atoms with Crippen LogP contribution in [0.25, 0.3) is 22.0 Å². The number of aryl methyl sites for hydroxylation is 1. The minimum absolute atomic E-state index is 0.276. The highest BCUT2D eigenvalue weighted by Crippen LogP contribution is 2.38. The van der Waals surface area contributed by atoms with Crippen LogP contribution in [-0.4, -0.2) is 43.2 Å². The van der Waals surface area contributed by atoms with Crippen molar-refractivity contribution >= 4 is 22.4 Å². The molecule has 0 aliphatic carbocycles. The van der Waals surface area contributed by atoms with E-state index in [0.29, 0.717) is 45.3 Å². The number of methoxy groups -OCH3 is 1. The maximum atomic E-state index is 14.1. The number of hydrogen-bond donors (Lipinski definition) is 1. The molecule has 1 fully saturated rings. The number of nitrogens with zero attached hydrogens (tertiary/aromatic N) is 1. The van der Waals surface area contributed by atoms with E-state index in [2.05, 4.69) is 9.88 Å². The van der Waals surface area contributed by atoms with Gasteiger partial charge in [-0.2, -0.15) is 0 Å². The molecule has 2 aromatic carbocycles. The van der Waals surface area contributed by atoms with Crippen LogP contribution in [0.15, 0.2) is 35.1 Å². The maximum Gasteiger partial charge on any atom is 0.256 e. The first-order chi connectivity index (χ1) is 15.5. The first-order valence-corrected chi connectivity index (χ1v) is 11.4. The summed E-state index contributed by atoms with van der Waals surface area (Å²) in [6.07, 6.45) is 4.67. The van der Waals surface area contributed by atoms with Gasteiger partial charge < -0.3 is 19.4 Å². The fraction of sp³-hybridized carbons (Fsp3) is 0.400. The Kier molecular flexibility index (Phi) is 7.01. The highest BCUT2D eigenvalue weighted by Gasteiger charge is 2.19. The van der Waals surface area contributed by atoms with E-state index < -0.39 is 5.82 Å². The molecule has 1 aliphatic rings. The average molecular weight is 459 g/mol. The smallest absolute Gasteiger partial charge is 0.256 e. The molecule has 0 bridgehead atoms. The van der Waals surface area contributed by atoms with Crippen LogP contribution in [0.4, 0.5) is 4.39 Å². The Hall–Kier alpha value is -2.57. The summed E-state index contributed by atoms with van der Waals surface area (Å²) in [6, 6.07) is 7.97. The number of nitrogens with one attached hydrogen (secondary N) is 1. The van der Waals surface area contributed by atoms with Gasteiger partial charge in [0, 0.05) is 17.5 Å². The summed E-state index contributed by atoms with van der Waals surface area (Å²) in [5.41, 5.74) is 1.52. The van der Waals surface area contributed by atoms with E-state index in [1.807, 2.05) is 0 Å². The van der Waals surface area contributed by atoms with Gasteiger partial charge in [0.2, 0.25) is 0 Å². The van der Waals surface area contributed by atoms with Crippen molar-refractivity contribution in [2.75, 3.05) is 33.4 Å². The van der Waals surface area contributed by atoms with E-state index in [4.69, 9.17) is 21.1 Å². The molecule has 4 rings (SSSR count). The molecule has 0 saturated carbocycles. The summed E-state index contributed by atoms with van der Waals surface area (Å²) < 4.78 is 25.7. The number of pyridine rings is 1. The van der Waals surface area contributed by atoms with Gasteiger partial charge in [-0.3, -0.25) is 4.79 Å². The second-order valence-corrected chi connectivity index (χ2v) is 8.66. The second kappa shape index (κ2) is 9.92. The molecule has 5 nitrogen and oxygen atoms in total. The number of fused-ring (bicyclic) bond motifs is 1. The molecule has 1 aliphatic heterocycles. The quantitative estimate of drug-likeness (QED) is 0.471. The largest absolute Gasteiger partial charge is 0.495 e. The van der Waals surface area contributed by atoms with E-state index >= 15 is 0 Å². The number of H-pyrrole nitrogens is 1. The molecule has 0 radical (unpaired) electrons. The zero-order valence-electron chi connectivity index (χ0n) is 18.5. The topological polar surface area (TPSA) is 54.6 Å². The number of piperidine rings is 1. The highest BCUT2D eigenvalue weighted by atomic mass is 35.5. The second-order valence-electron chi connectivity index (χ2n) is 8.26. The van der Waals surface area contributed by atoms with Gasteiger partial charge in [0.25, 0.3) is 5.56 Å². The lowest BCUT2D eigenvalue weighted by Crippen LogP contribution is -2.31. The molecule has 1 saturated heterocycles. The van der Waals surface area contributed by atoms with Crippen molar-refractivity contribution in [3.05, 3.63) is 57.1 Å². The van der Waals surface area contributed by atoms with E-state index in [1.54, 1.807) is 32.2 Å². The molecule has 3 aromatic rings. The van der Waals surface area contributed by atoms with E-state index in [-0.39, 0.29) is 10.9 Å². The molecule has 0 amide bonds. The lowest BCUT2D eigenvalue weighted by molar-refractivity contribution is 0.205. The number of aromatic nitrogens is 1. The standard InChI is InChI=1S/C25H28ClFN2O3/c1-16-13-18(27)15-19-22(16)24(32-12-6-11-29-9-4-3-5-10-29)23(28-25(19)30)17-7-8-20(26)21(14-17)31-2/h7-8,13-15H,3-6,9-12H2,1-2H3,(H,28,30). The minimum Gasteiger partial charge on any atom is -0.495 e. The van der Waals surface area contributed by atoms with Crippen molar-refractivity contribution in [3.8, 4) is 22.8 Å². The van der Waals surface area contributed by atoms with Gasteiger partial charge in [-0.15, -0.1) is 0 Å². The number of rotatable bonds is 7. The van der Waals surface area contributed by atoms with Crippen molar-refractivity contribution in [3.63, 3.8) is 0 Å². The van der Waals surface area contributed by atoms with Crippen molar-refractivity contribution in [2.24, 2.45) is 0 Å². The highest BCUT2D eigenvalue weighted by molar-refractivity contribution is 6.32. The fourth-order valence-electron chi connectivity index (χ4n) is 4.39. The normalized spacial score (nSPS) is 14.6. The summed E-state index contributed by atoms with van der Waals surface area (Å²) >= 11 is 6.19. The summed E-state index contributed by atoms with van der Waals surface area (Å²) in [4.78, 5) is 18.2. The van der Waals surface area contributed by atoms with E-state index in [9.17, 15) is 9.18 Å². The zero-order chi connectivity index (χ0) is 22.7. The third kappa shape index (κ3) is 4.76. The van der Waals surface area contributed by atoms with Gasteiger partial charge in [-0.05, 0) is 69.1 Å². The Bertz CT molecular complexity index is 1170.